The number of hydrogen-bond donors (Lipinski definition) is 2. The average molecular weight is 369 g/mol. The number of nitrogens with two attached hydrogens (primary N) is 1. The van der Waals surface area contributed by atoms with Crippen LogP contribution < -0.4 is 11.1 Å². The largest absolute Gasteiger partial charge is 0.381 e. The summed E-state index contributed by atoms with van der Waals surface area (Å²) < 4.78 is 16.2. The molecular weight excluding hydrogens is 355 g/mol. The summed E-state index contributed by atoms with van der Waals surface area (Å²) in [7, 11) is 0. The molecule has 0 amide bonds. The molecule has 0 spiro atoms. The molecule has 0 aliphatic carbocycles. The number of benzene rings is 2. The Bertz CT molecular complexity index is 1110. The molecule has 0 unspecified atom stereocenters. The third-order valence-electron chi connectivity index (χ3n) is 3.90. The standard InChI is InChI=1S/C18H14ClFN6/c1-10-22-13-4-2-3-5-14(13)26(10)18-24-16(21)15(20)17(25-18)23-12-8-6-11(19)7-9-12/h2-9H,1H3,(H3,21,23,24,25). The van der Waals surface area contributed by atoms with Crippen molar-refractivity contribution in [2.24, 2.45) is 0 Å². The number of aromatic nitrogens is 4. The van der Waals surface area contributed by atoms with Crippen LogP contribution in [0, 0.1) is 12.7 Å². The number of anilines is 3. The van der Waals surface area contributed by atoms with Crippen LogP contribution in [-0.4, -0.2) is 19.5 Å². The van der Waals surface area contributed by atoms with E-state index in [1.165, 1.54) is 0 Å². The Morgan fingerprint density at radius 1 is 1.04 bits per heavy atom. The maximum atomic E-state index is 14.4. The molecule has 26 heavy (non-hydrogen) atoms. The van der Waals surface area contributed by atoms with Gasteiger partial charge in [0.1, 0.15) is 5.82 Å². The van der Waals surface area contributed by atoms with Crippen LogP contribution in [0.3, 0.4) is 0 Å². The summed E-state index contributed by atoms with van der Waals surface area (Å²) in [5.41, 5.74) is 8.02. The first kappa shape index (κ1) is 16.3. The van der Waals surface area contributed by atoms with Crippen LogP contribution in [0.5, 0.6) is 0 Å². The molecule has 0 bridgehead atoms. The van der Waals surface area contributed by atoms with Gasteiger partial charge in [-0.3, -0.25) is 4.57 Å². The Hall–Kier alpha value is -3.19. The summed E-state index contributed by atoms with van der Waals surface area (Å²) in [6.07, 6.45) is 0. The molecule has 8 heteroatoms. The predicted octanol–water partition coefficient (Wildman–Crippen LogP) is 4.24. The summed E-state index contributed by atoms with van der Waals surface area (Å²) in [5.74, 6) is -0.0670. The minimum Gasteiger partial charge on any atom is -0.381 e. The number of fused-ring (bicyclic) bond motifs is 1. The van der Waals surface area contributed by atoms with Gasteiger partial charge in [0.05, 0.1) is 11.0 Å². The quantitative estimate of drug-likeness (QED) is 0.565. The third kappa shape index (κ3) is 2.82. The Labute approximate surface area is 153 Å². The lowest BCUT2D eigenvalue weighted by atomic mass is 10.3. The molecule has 2 heterocycles. The zero-order valence-electron chi connectivity index (χ0n) is 13.7. The Morgan fingerprint density at radius 2 is 1.77 bits per heavy atom. The molecule has 4 rings (SSSR count). The number of nitrogens with one attached hydrogen (secondary N) is 1. The van der Waals surface area contributed by atoms with E-state index in [2.05, 4.69) is 20.3 Å². The lowest BCUT2D eigenvalue weighted by molar-refractivity contribution is 0.622. The van der Waals surface area contributed by atoms with Gasteiger partial charge in [0.25, 0.3) is 0 Å². The van der Waals surface area contributed by atoms with Crippen LogP contribution in [-0.2, 0) is 0 Å². The zero-order chi connectivity index (χ0) is 18.3. The van der Waals surface area contributed by atoms with Crippen molar-refractivity contribution in [2.45, 2.75) is 6.92 Å². The lowest BCUT2D eigenvalue weighted by Crippen LogP contribution is -2.10. The van der Waals surface area contributed by atoms with Crippen molar-refractivity contribution in [1.82, 2.24) is 19.5 Å². The first-order valence-corrected chi connectivity index (χ1v) is 8.21. The van der Waals surface area contributed by atoms with Crippen LogP contribution in [0.2, 0.25) is 5.02 Å². The van der Waals surface area contributed by atoms with E-state index in [0.717, 1.165) is 11.0 Å². The normalized spacial score (nSPS) is 11.0. The highest BCUT2D eigenvalue weighted by Crippen LogP contribution is 2.25. The summed E-state index contributed by atoms with van der Waals surface area (Å²) in [6.45, 7) is 1.83. The fourth-order valence-corrected chi connectivity index (χ4v) is 2.83. The Kier molecular flexibility index (Phi) is 3.93. The van der Waals surface area contributed by atoms with Gasteiger partial charge in [-0.2, -0.15) is 14.4 Å². The SMILES string of the molecule is Cc1nc2ccccc2n1-c1nc(N)c(F)c(Nc2ccc(Cl)cc2)n1. The van der Waals surface area contributed by atoms with Crippen molar-refractivity contribution in [1.29, 1.82) is 0 Å². The Balaban J connectivity index is 1.84. The molecule has 0 aliphatic heterocycles. The van der Waals surface area contributed by atoms with Gasteiger partial charge in [0, 0.05) is 10.7 Å². The molecule has 2 aromatic heterocycles. The fraction of sp³-hybridized carbons (Fsp3) is 0.0556. The Morgan fingerprint density at radius 3 is 2.54 bits per heavy atom. The van der Waals surface area contributed by atoms with Crippen molar-refractivity contribution in [3.63, 3.8) is 0 Å². The highest BCUT2D eigenvalue weighted by Gasteiger charge is 2.17. The van der Waals surface area contributed by atoms with Crippen LogP contribution in [0.25, 0.3) is 17.0 Å². The molecule has 6 nitrogen and oxygen atoms in total. The van der Waals surface area contributed by atoms with Crippen LogP contribution in [0.15, 0.2) is 48.5 Å². The topological polar surface area (TPSA) is 81.7 Å². The van der Waals surface area contributed by atoms with Crippen molar-refractivity contribution in [3.8, 4) is 5.95 Å². The van der Waals surface area contributed by atoms with Gasteiger partial charge in [-0.1, -0.05) is 23.7 Å². The molecule has 130 valence electrons. The average Bonchev–Trinajstić information content (AvgIpc) is 2.96. The smallest absolute Gasteiger partial charge is 0.239 e. The highest BCUT2D eigenvalue weighted by atomic mass is 35.5. The van der Waals surface area contributed by atoms with E-state index in [1.54, 1.807) is 28.8 Å². The summed E-state index contributed by atoms with van der Waals surface area (Å²) in [6, 6.07) is 14.4. The molecule has 4 aromatic rings. The fourth-order valence-electron chi connectivity index (χ4n) is 2.70. The van der Waals surface area contributed by atoms with E-state index in [-0.39, 0.29) is 17.6 Å². The molecular formula is C18H14ClFN6. The number of nitrogens with zero attached hydrogens (tertiary/aromatic N) is 4. The van der Waals surface area contributed by atoms with Gasteiger partial charge in [-0.05, 0) is 43.3 Å². The maximum absolute atomic E-state index is 14.4. The number of para-hydroxylation sites is 2. The van der Waals surface area contributed by atoms with E-state index in [1.807, 2.05) is 31.2 Å². The van der Waals surface area contributed by atoms with Crippen molar-refractivity contribution in [2.75, 3.05) is 11.1 Å². The van der Waals surface area contributed by atoms with E-state index >= 15 is 0 Å². The molecule has 0 saturated heterocycles. The predicted molar refractivity (Wildman–Crippen MR) is 101 cm³/mol. The monoisotopic (exact) mass is 368 g/mol. The third-order valence-corrected chi connectivity index (χ3v) is 4.15. The molecule has 0 radical (unpaired) electrons. The number of rotatable bonds is 3. The zero-order valence-corrected chi connectivity index (χ0v) is 14.5. The minimum atomic E-state index is -0.717. The van der Waals surface area contributed by atoms with Gasteiger partial charge in [0.15, 0.2) is 11.6 Å². The molecule has 0 fully saturated rings. The molecule has 3 N–H and O–H groups in total. The first-order valence-electron chi connectivity index (χ1n) is 7.83. The van der Waals surface area contributed by atoms with E-state index in [9.17, 15) is 4.39 Å². The van der Waals surface area contributed by atoms with E-state index < -0.39 is 5.82 Å². The highest BCUT2D eigenvalue weighted by molar-refractivity contribution is 6.30. The molecule has 0 saturated carbocycles. The number of hydrogen-bond acceptors (Lipinski definition) is 5. The lowest BCUT2D eigenvalue weighted by Gasteiger charge is -2.11. The maximum Gasteiger partial charge on any atom is 0.239 e. The van der Waals surface area contributed by atoms with Gasteiger partial charge < -0.3 is 11.1 Å². The van der Waals surface area contributed by atoms with E-state index in [0.29, 0.717) is 16.5 Å². The summed E-state index contributed by atoms with van der Waals surface area (Å²) in [4.78, 5) is 12.9. The second kappa shape index (κ2) is 6.27. The summed E-state index contributed by atoms with van der Waals surface area (Å²) >= 11 is 5.88. The van der Waals surface area contributed by atoms with E-state index in [4.69, 9.17) is 17.3 Å². The van der Waals surface area contributed by atoms with Crippen LogP contribution in [0.4, 0.5) is 21.7 Å². The number of halogens is 2. The molecule has 2 aromatic carbocycles. The minimum absolute atomic E-state index is 0.0213. The van der Waals surface area contributed by atoms with Crippen molar-refractivity contribution >= 4 is 40.0 Å². The molecule has 0 aliphatic rings. The number of aryl methyl sites for hydroxylation is 1. The van der Waals surface area contributed by atoms with Gasteiger partial charge in [-0.15, -0.1) is 0 Å². The first-order chi connectivity index (χ1) is 12.5. The van der Waals surface area contributed by atoms with Crippen LogP contribution >= 0.6 is 11.6 Å². The van der Waals surface area contributed by atoms with Crippen molar-refractivity contribution in [3.05, 3.63) is 65.2 Å². The van der Waals surface area contributed by atoms with Gasteiger partial charge in [0.2, 0.25) is 11.8 Å². The van der Waals surface area contributed by atoms with Gasteiger partial charge >= 0.3 is 0 Å². The summed E-state index contributed by atoms with van der Waals surface area (Å²) in [5, 5.41) is 3.49. The van der Waals surface area contributed by atoms with Gasteiger partial charge in [-0.25, -0.2) is 4.98 Å². The van der Waals surface area contributed by atoms with Crippen molar-refractivity contribution < 1.29 is 4.39 Å². The number of nitrogen functional groups attached to an aromatic ring is 1. The van der Waals surface area contributed by atoms with Crippen LogP contribution in [0.1, 0.15) is 5.82 Å². The second-order valence-electron chi connectivity index (χ2n) is 5.69. The number of imidazole rings is 1. The molecule has 0 atom stereocenters. The second-order valence-corrected chi connectivity index (χ2v) is 6.12.